The van der Waals surface area contributed by atoms with Crippen LogP contribution in [-0.4, -0.2) is 4.98 Å². The molecule has 1 aliphatic carbocycles. The molecule has 0 atom stereocenters. The minimum Gasteiger partial charge on any atom is -0.414 e. The molecule has 0 spiro atoms. The van der Waals surface area contributed by atoms with Crippen LogP contribution in [0.2, 0.25) is 0 Å². The van der Waals surface area contributed by atoms with Gasteiger partial charge in [-0.3, -0.25) is 4.79 Å². The van der Waals surface area contributed by atoms with Crippen LogP contribution in [0.5, 0.6) is 0 Å². The van der Waals surface area contributed by atoms with Crippen molar-refractivity contribution in [3.63, 3.8) is 0 Å². The molecule has 0 saturated carbocycles. The molecular formula is C8H4NO3Y-. The van der Waals surface area contributed by atoms with Crippen molar-refractivity contribution in [2.45, 2.75) is 6.92 Å². The van der Waals surface area contributed by atoms with Crippen LogP contribution < -0.4 is 16.4 Å². The molecule has 4 nitrogen and oxygen atoms in total. The van der Waals surface area contributed by atoms with Gasteiger partial charge in [-0.2, -0.15) is 0 Å². The molecule has 0 aromatic rings. The van der Waals surface area contributed by atoms with E-state index in [0.29, 0.717) is 0 Å². The van der Waals surface area contributed by atoms with E-state index in [-0.39, 0.29) is 49.4 Å². The van der Waals surface area contributed by atoms with Crippen LogP contribution >= 0.6 is 0 Å². The maximum absolute atomic E-state index is 11.1. The molecule has 1 heterocycles. The maximum atomic E-state index is 11.1. The van der Waals surface area contributed by atoms with Gasteiger partial charge in [0.2, 0.25) is 0 Å². The molecule has 0 fully saturated rings. The molecule has 5 heteroatoms. The van der Waals surface area contributed by atoms with E-state index in [1.54, 1.807) is 0 Å². The van der Waals surface area contributed by atoms with Gasteiger partial charge in [0.15, 0.2) is 5.43 Å². The molecule has 63 valence electrons. The Hall–Kier alpha value is -0.606. The maximum Gasteiger partial charge on any atom is 0.178 e. The summed E-state index contributed by atoms with van der Waals surface area (Å²) >= 11 is 0. The van der Waals surface area contributed by atoms with E-state index in [4.69, 9.17) is 0 Å². The van der Waals surface area contributed by atoms with Crippen molar-refractivity contribution in [2.75, 3.05) is 0 Å². The molecule has 1 radical (unpaired) electrons. The van der Waals surface area contributed by atoms with Crippen molar-refractivity contribution in [1.82, 2.24) is 4.98 Å². The Morgan fingerprint density at radius 2 is 1.77 bits per heavy atom. The Bertz CT molecular complexity index is 547. The number of nitrogens with one attached hydrogen (secondary N) is 1. The van der Waals surface area contributed by atoms with Gasteiger partial charge >= 0.3 is 0 Å². The fraction of sp³-hybridized carbons (Fsp3) is 0.125. The van der Waals surface area contributed by atoms with Gasteiger partial charge in [0.25, 0.3) is 0 Å². The molecule has 2 rings (SSSR count). The largest absolute Gasteiger partial charge is 0.414 e. The van der Waals surface area contributed by atoms with E-state index in [9.17, 15) is 14.4 Å². The Labute approximate surface area is 97.9 Å². The zero-order chi connectivity index (χ0) is 8.88. The Balaban J connectivity index is 0.000000845. The fourth-order valence-corrected chi connectivity index (χ4v) is 1.28. The van der Waals surface area contributed by atoms with Crippen LogP contribution in [0.15, 0.2) is 14.4 Å². The summed E-state index contributed by atoms with van der Waals surface area (Å²) in [5, 5.41) is 0. The van der Waals surface area contributed by atoms with Gasteiger partial charge in [-0.15, -0.1) is 0 Å². The summed E-state index contributed by atoms with van der Waals surface area (Å²) in [6.07, 6.45) is 2.37. The van der Waals surface area contributed by atoms with Crippen molar-refractivity contribution in [3.8, 4) is 11.1 Å². The number of hydrogen-bond acceptors (Lipinski definition) is 3. The predicted octanol–water partition coefficient (Wildman–Crippen LogP) is -0.818. The van der Waals surface area contributed by atoms with E-state index in [0.717, 1.165) is 0 Å². The molecular weight excluding hydrogens is 247 g/mol. The summed E-state index contributed by atoms with van der Waals surface area (Å²) in [7, 11) is 0. The Morgan fingerprint density at radius 3 is 2.31 bits per heavy atom. The topological polar surface area (TPSA) is 67.0 Å². The summed E-state index contributed by atoms with van der Waals surface area (Å²) in [6.45, 7) is 1.47. The first-order chi connectivity index (χ1) is 5.63. The van der Waals surface area contributed by atoms with E-state index in [1.165, 1.54) is 6.92 Å². The van der Waals surface area contributed by atoms with Crippen molar-refractivity contribution in [2.24, 2.45) is 0 Å². The average Bonchev–Trinajstić information content (AvgIpc) is 2.51. The van der Waals surface area contributed by atoms with Crippen molar-refractivity contribution in [3.05, 3.63) is 42.6 Å². The zero-order valence-electron chi connectivity index (χ0n) is 6.80. The summed E-state index contributed by atoms with van der Waals surface area (Å²) in [4.78, 5) is 35.3. The number of aromatic nitrogens is 1. The van der Waals surface area contributed by atoms with Crippen LogP contribution in [0.4, 0.5) is 0 Å². The van der Waals surface area contributed by atoms with Gasteiger partial charge in [0.1, 0.15) is 11.0 Å². The van der Waals surface area contributed by atoms with Gasteiger partial charge in [0.05, 0.1) is 0 Å². The van der Waals surface area contributed by atoms with E-state index in [1.807, 2.05) is 0 Å². The van der Waals surface area contributed by atoms with Gasteiger partial charge in [-0.1, -0.05) is 17.3 Å². The number of aromatic amines is 1. The van der Waals surface area contributed by atoms with Gasteiger partial charge in [0, 0.05) is 32.7 Å². The minimum absolute atomic E-state index is 0. The first-order valence-electron chi connectivity index (χ1n) is 3.36. The second-order valence-electron chi connectivity index (χ2n) is 2.61. The first-order valence-corrected chi connectivity index (χ1v) is 3.36. The van der Waals surface area contributed by atoms with Crippen LogP contribution in [0.25, 0.3) is 11.1 Å². The van der Waals surface area contributed by atoms with Gasteiger partial charge in [-0.05, 0) is 12.5 Å². The number of H-pyrrole nitrogens is 1. The molecule has 0 amide bonds. The monoisotopic (exact) mass is 251 g/mol. The summed E-state index contributed by atoms with van der Waals surface area (Å²) in [5.41, 5.74) is -1.16. The third kappa shape index (κ3) is 1.25. The quantitative estimate of drug-likeness (QED) is 0.491. The SMILES string of the molecule is Cc1c2c(=O)[nH][c-]c-2c(=O)c1=O.[Y]. The van der Waals surface area contributed by atoms with Crippen LogP contribution in [0, 0.1) is 13.1 Å². The predicted molar refractivity (Wildman–Crippen MR) is 42.2 cm³/mol. The van der Waals surface area contributed by atoms with Crippen LogP contribution in [0.3, 0.4) is 0 Å². The van der Waals surface area contributed by atoms with Gasteiger partial charge in [-0.25, -0.2) is 0 Å². The zero-order valence-corrected chi connectivity index (χ0v) is 9.64. The van der Waals surface area contributed by atoms with Crippen molar-refractivity contribution >= 4 is 0 Å². The van der Waals surface area contributed by atoms with Crippen LogP contribution in [0.1, 0.15) is 5.56 Å². The van der Waals surface area contributed by atoms with E-state index in [2.05, 4.69) is 11.2 Å². The standard InChI is InChI=1S/C8H4NO3.Y/c1-3-5-4(2-9-8(5)12)7(11)6(3)10;/h1H3,(H,9,12);/q-1;. The summed E-state index contributed by atoms with van der Waals surface area (Å²) < 4.78 is 0. The molecule has 0 bridgehead atoms. The molecule has 2 aliphatic rings. The third-order valence-corrected chi connectivity index (χ3v) is 1.93. The number of rotatable bonds is 0. The third-order valence-electron chi connectivity index (χ3n) is 1.93. The second kappa shape index (κ2) is 3.27. The van der Waals surface area contributed by atoms with Crippen molar-refractivity contribution < 1.29 is 32.7 Å². The molecule has 1 N–H and O–H groups in total. The first kappa shape index (κ1) is 10.5. The minimum atomic E-state index is -0.638. The fourth-order valence-electron chi connectivity index (χ4n) is 1.28. The Kier molecular flexibility index (Phi) is 2.64. The van der Waals surface area contributed by atoms with Crippen LogP contribution in [-0.2, 0) is 32.7 Å². The second-order valence-corrected chi connectivity index (χ2v) is 2.61. The molecule has 0 unspecified atom stereocenters. The smallest absolute Gasteiger partial charge is 0.178 e. The molecule has 0 saturated heterocycles. The summed E-state index contributed by atoms with van der Waals surface area (Å²) in [5.74, 6) is 0. The molecule has 0 aromatic carbocycles. The number of hydrogen-bond donors (Lipinski definition) is 1. The Morgan fingerprint density at radius 1 is 1.15 bits per heavy atom. The molecule has 0 aromatic heterocycles. The van der Waals surface area contributed by atoms with Gasteiger partial charge < -0.3 is 14.6 Å². The summed E-state index contributed by atoms with van der Waals surface area (Å²) in [6, 6.07) is 0. The van der Waals surface area contributed by atoms with E-state index < -0.39 is 16.4 Å². The average molecular weight is 251 g/mol. The normalized spacial score (nSPS) is 10.2. The number of fused-ring (bicyclic) bond motifs is 1. The van der Waals surface area contributed by atoms with Crippen molar-refractivity contribution in [1.29, 1.82) is 0 Å². The van der Waals surface area contributed by atoms with E-state index >= 15 is 0 Å². The molecule has 1 aliphatic heterocycles. The molecule has 13 heavy (non-hydrogen) atoms.